The summed E-state index contributed by atoms with van der Waals surface area (Å²) in [5.74, 6) is -6.05. The van der Waals surface area contributed by atoms with Gasteiger partial charge in [-0.25, -0.2) is 27.8 Å². The van der Waals surface area contributed by atoms with Gasteiger partial charge in [0.15, 0.2) is 5.75 Å². The van der Waals surface area contributed by atoms with Gasteiger partial charge in [-0.1, -0.05) is 17.7 Å². The van der Waals surface area contributed by atoms with Gasteiger partial charge < -0.3 is 14.9 Å². The van der Waals surface area contributed by atoms with Crippen LogP contribution >= 0.6 is 0 Å². The van der Waals surface area contributed by atoms with Gasteiger partial charge in [0.05, 0.1) is 54.5 Å². The molecule has 5 aromatic rings. The number of aromatic carboxylic acids is 2. The van der Waals surface area contributed by atoms with E-state index in [4.69, 9.17) is 4.74 Å². The van der Waals surface area contributed by atoms with Crippen molar-refractivity contribution in [3.8, 4) is 11.5 Å². The van der Waals surface area contributed by atoms with E-state index in [9.17, 15) is 47.4 Å². The summed E-state index contributed by atoms with van der Waals surface area (Å²) in [7, 11) is -3.87. The Balaban J connectivity index is 1.29. The lowest BCUT2D eigenvalue weighted by molar-refractivity contribution is 0.0686. The molecule has 51 heavy (non-hydrogen) atoms. The van der Waals surface area contributed by atoms with Crippen LogP contribution in [0.1, 0.15) is 67.7 Å². The zero-order valence-corrected chi connectivity index (χ0v) is 27.0. The molecular formula is C37H22N2O11S. The van der Waals surface area contributed by atoms with Crippen molar-refractivity contribution in [1.29, 1.82) is 0 Å². The molecule has 0 aliphatic carbocycles. The first-order valence-corrected chi connectivity index (χ1v) is 16.5. The lowest BCUT2D eigenvalue weighted by Gasteiger charge is -2.22. The van der Waals surface area contributed by atoms with Crippen LogP contribution in [0.25, 0.3) is 0 Å². The van der Waals surface area contributed by atoms with Gasteiger partial charge in [0.25, 0.3) is 23.6 Å². The van der Waals surface area contributed by atoms with Crippen LogP contribution in [-0.2, 0) is 9.84 Å². The summed E-state index contributed by atoms with van der Waals surface area (Å²) in [6, 6.07) is 22.4. The Morgan fingerprint density at radius 3 is 1.57 bits per heavy atom. The minimum Gasteiger partial charge on any atom is -0.478 e. The van der Waals surface area contributed by atoms with Gasteiger partial charge >= 0.3 is 11.9 Å². The fourth-order valence-corrected chi connectivity index (χ4v) is 7.04. The van der Waals surface area contributed by atoms with E-state index in [1.165, 1.54) is 78.9 Å². The molecule has 13 nitrogen and oxygen atoms in total. The average molecular weight is 703 g/mol. The second kappa shape index (κ2) is 11.9. The second-order valence-corrected chi connectivity index (χ2v) is 13.5. The molecule has 252 valence electrons. The molecule has 0 unspecified atom stereocenters. The van der Waals surface area contributed by atoms with Gasteiger partial charge in [0.2, 0.25) is 9.84 Å². The number of benzene rings is 5. The number of anilines is 2. The van der Waals surface area contributed by atoms with Gasteiger partial charge in [-0.15, -0.1) is 0 Å². The third-order valence-corrected chi connectivity index (χ3v) is 10.2. The predicted octanol–water partition coefficient (Wildman–Crippen LogP) is 5.62. The highest BCUT2D eigenvalue weighted by molar-refractivity contribution is 7.91. The molecule has 5 aromatic carbocycles. The Morgan fingerprint density at radius 2 is 1.04 bits per heavy atom. The van der Waals surface area contributed by atoms with Crippen LogP contribution in [0.5, 0.6) is 11.5 Å². The molecule has 7 rings (SSSR count). The zero-order chi connectivity index (χ0) is 36.4. The Hall–Kier alpha value is -6.93. The van der Waals surface area contributed by atoms with Crippen LogP contribution in [0, 0.1) is 6.92 Å². The Bertz CT molecular complexity index is 2510. The Kier molecular flexibility index (Phi) is 7.60. The highest BCUT2D eigenvalue weighted by Gasteiger charge is 2.41. The van der Waals surface area contributed by atoms with Gasteiger partial charge in [-0.2, -0.15) is 0 Å². The maximum Gasteiger partial charge on any atom is 0.335 e. The fraction of sp³-hybridized carbons (Fsp3) is 0.0270. The molecule has 0 fully saturated rings. The molecule has 2 aliphatic heterocycles. The van der Waals surface area contributed by atoms with Crippen molar-refractivity contribution in [3.05, 3.63) is 142 Å². The number of carbonyl (C=O) groups is 6. The maximum absolute atomic E-state index is 13.7. The largest absolute Gasteiger partial charge is 0.478 e. The number of hydrogen-bond donors (Lipinski definition) is 2. The number of imide groups is 2. The SMILES string of the molecule is Cc1ccc(S(=O)(=O)c2ccc(Oc3ccc(N4C(=O)c5ccc(C(=O)O)cc5C4=O)cc3N3C(=O)c4ccc(C(=O)O)cc4C3=O)cc2)cc1. The van der Waals surface area contributed by atoms with Crippen molar-refractivity contribution in [2.45, 2.75) is 16.7 Å². The number of ether oxygens (including phenoxy) is 1. The minimum atomic E-state index is -3.87. The van der Waals surface area contributed by atoms with Crippen LogP contribution in [0.15, 0.2) is 113 Å². The predicted molar refractivity (Wildman–Crippen MR) is 179 cm³/mol. The normalized spacial score (nSPS) is 13.7. The minimum absolute atomic E-state index is 0.0273. The van der Waals surface area contributed by atoms with Crippen LogP contribution in [0.3, 0.4) is 0 Å². The molecule has 14 heteroatoms. The van der Waals surface area contributed by atoms with Gasteiger partial charge in [0, 0.05) is 0 Å². The quantitative estimate of drug-likeness (QED) is 0.191. The van der Waals surface area contributed by atoms with Crippen molar-refractivity contribution < 1.29 is 52.1 Å². The maximum atomic E-state index is 13.7. The van der Waals surface area contributed by atoms with Gasteiger partial charge in [-0.3, -0.25) is 19.2 Å². The third kappa shape index (κ3) is 5.39. The summed E-state index contributed by atoms with van der Waals surface area (Å²) in [5.41, 5.74) is -0.426. The smallest absolute Gasteiger partial charge is 0.335 e. The van der Waals surface area contributed by atoms with Crippen molar-refractivity contribution in [3.63, 3.8) is 0 Å². The number of carboxylic acids is 2. The van der Waals surface area contributed by atoms with Crippen LogP contribution in [0.4, 0.5) is 11.4 Å². The summed E-state index contributed by atoms with van der Waals surface area (Å²) in [6.45, 7) is 1.83. The van der Waals surface area contributed by atoms with Crippen molar-refractivity contribution >= 4 is 56.8 Å². The Morgan fingerprint density at radius 1 is 0.569 bits per heavy atom. The highest BCUT2D eigenvalue weighted by atomic mass is 32.2. The molecule has 4 amide bonds. The van der Waals surface area contributed by atoms with E-state index >= 15 is 0 Å². The van der Waals surface area contributed by atoms with Gasteiger partial charge in [0.1, 0.15) is 5.75 Å². The molecule has 0 radical (unpaired) electrons. The number of carbonyl (C=O) groups excluding carboxylic acids is 4. The molecule has 0 spiro atoms. The second-order valence-electron chi connectivity index (χ2n) is 11.6. The summed E-state index contributed by atoms with van der Waals surface area (Å²) in [6.07, 6.45) is 0. The van der Waals surface area contributed by atoms with Crippen LogP contribution in [0.2, 0.25) is 0 Å². The molecule has 0 aromatic heterocycles. The van der Waals surface area contributed by atoms with E-state index in [1.807, 2.05) is 6.92 Å². The number of amides is 4. The lowest BCUT2D eigenvalue weighted by atomic mass is 10.1. The van der Waals surface area contributed by atoms with Crippen molar-refractivity contribution in [2.24, 2.45) is 0 Å². The number of rotatable bonds is 8. The molecule has 0 saturated carbocycles. The molecule has 0 atom stereocenters. The first-order valence-electron chi connectivity index (χ1n) is 15.0. The average Bonchev–Trinajstić information content (AvgIpc) is 3.51. The van der Waals surface area contributed by atoms with Gasteiger partial charge in [-0.05, 0) is 97.9 Å². The standard InChI is InChI=1S/C37H22N2O11S/c1-19-2-9-24(10-3-19)51(48,49)25-11-7-23(8-12-25)50-31-15-6-22(38-32(40)26-13-4-20(36(44)45)16-28(26)34(38)42)18-30(31)39-33(41)27-14-5-21(37(46)47)17-29(27)35(39)43/h2-18H,1H3,(H,44,45)(H,46,47). The third-order valence-electron chi connectivity index (χ3n) is 8.40. The number of fused-ring (bicyclic) bond motifs is 2. The number of nitrogens with zero attached hydrogens (tertiary/aromatic N) is 2. The first-order chi connectivity index (χ1) is 24.3. The van der Waals surface area contributed by atoms with E-state index in [2.05, 4.69) is 0 Å². The summed E-state index contributed by atoms with van der Waals surface area (Å²) >= 11 is 0. The van der Waals surface area contributed by atoms with E-state index in [1.54, 1.807) is 12.1 Å². The summed E-state index contributed by atoms with van der Waals surface area (Å²) in [5, 5.41) is 18.9. The zero-order valence-electron chi connectivity index (χ0n) is 26.2. The Labute approximate surface area is 288 Å². The lowest BCUT2D eigenvalue weighted by Crippen LogP contribution is -2.32. The summed E-state index contributed by atoms with van der Waals surface area (Å²) < 4.78 is 32.4. The molecule has 2 aliphatic rings. The number of hydrogen-bond acceptors (Lipinski definition) is 9. The molecule has 2 N–H and O–H groups in total. The first kappa shape index (κ1) is 32.6. The van der Waals surface area contributed by atoms with Crippen LogP contribution < -0.4 is 14.5 Å². The van der Waals surface area contributed by atoms with E-state index < -0.39 is 45.4 Å². The van der Waals surface area contributed by atoms with Crippen LogP contribution in [-0.4, -0.2) is 54.2 Å². The molecule has 0 bridgehead atoms. The number of aryl methyl sites for hydroxylation is 1. The topological polar surface area (TPSA) is 193 Å². The van der Waals surface area contributed by atoms with E-state index in [-0.39, 0.29) is 66.0 Å². The number of carboxylic acid groups (broad SMARTS) is 2. The monoisotopic (exact) mass is 702 g/mol. The summed E-state index contributed by atoms with van der Waals surface area (Å²) in [4.78, 5) is 78.9. The van der Waals surface area contributed by atoms with Crippen molar-refractivity contribution in [2.75, 3.05) is 9.80 Å². The molecule has 0 saturated heterocycles. The van der Waals surface area contributed by atoms with E-state index in [0.717, 1.165) is 22.6 Å². The fourth-order valence-electron chi connectivity index (χ4n) is 5.77. The molecular weight excluding hydrogens is 680 g/mol. The molecule has 2 heterocycles. The van der Waals surface area contributed by atoms with E-state index in [0.29, 0.717) is 4.90 Å². The highest BCUT2D eigenvalue weighted by Crippen LogP contribution is 2.42. The number of sulfone groups is 1. The van der Waals surface area contributed by atoms with Crippen molar-refractivity contribution in [1.82, 2.24) is 0 Å².